The maximum Gasteiger partial charge on any atom is 0.228 e. The van der Waals surface area contributed by atoms with E-state index in [0.29, 0.717) is 29.6 Å². The van der Waals surface area contributed by atoms with Crippen LogP contribution in [0.3, 0.4) is 0 Å². The fourth-order valence-corrected chi connectivity index (χ4v) is 4.12. The molecule has 3 rings (SSSR count). The smallest absolute Gasteiger partial charge is 0.228 e. The van der Waals surface area contributed by atoms with Crippen molar-refractivity contribution in [1.29, 1.82) is 0 Å². The molecule has 2 amide bonds. The Morgan fingerprint density at radius 1 is 1.14 bits per heavy atom. The van der Waals surface area contributed by atoms with Gasteiger partial charge in [0.1, 0.15) is 11.5 Å². The van der Waals surface area contributed by atoms with Crippen molar-refractivity contribution in [2.75, 3.05) is 52.3 Å². The molecule has 2 aliphatic heterocycles. The summed E-state index contributed by atoms with van der Waals surface area (Å²) in [5.41, 5.74) is 0.710. The maximum atomic E-state index is 13.0. The number of likely N-dealkylation sites (tertiary alicyclic amines) is 1. The molecule has 1 aromatic carbocycles. The fraction of sp³-hybridized carbons (Fsp3) is 0.619. The largest absolute Gasteiger partial charge is 0.497 e. The predicted octanol–water partition coefficient (Wildman–Crippen LogP) is 2.33. The van der Waals surface area contributed by atoms with E-state index in [2.05, 4.69) is 5.32 Å². The molecule has 2 fully saturated rings. The van der Waals surface area contributed by atoms with Gasteiger partial charge in [-0.15, -0.1) is 12.4 Å². The molecule has 2 heterocycles. The summed E-state index contributed by atoms with van der Waals surface area (Å²) in [5, 5.41) is 3.19. The van der Waals surface area contributed by atoms with Crippen molar-refractivity contribution in [3.8, 4) is 11.5 Å². The average molecular weight is 426 g/mol. The van der Waals surface area contributed by atoms with Gasteiger partial charge in [-0.2, -0.15) is 0 Å². The van der Waals surface area contributed by atoms with Crippen molar-refractivity contribution in [1.82, 2.24) is 10.2 Å². The van der Waals surface area contributed by atoms with Gasteiger partial charge in [0.15, 0.2) is 0 Å². The number of carbonyl (C=O) groups is 2. The average Bonchev–Trinajstić information content (AvgIpc) is 3.13. The van der Waals surface area contributed by atoms with Gasteiger partial charge in [-0.3, -0.25) is 9.59 Å². The number of halogens is 1. The van der Waals surface area contributed by atoms with Gasteiger partial charge in [-0.05, 0) is 38.8 Å². The van der Waals surface area contributed by atoms with Crippen LogP contribution in [0.25, 0.3) is 0 Å². The molecule has 0 spiro atoms. The van der Waals surface area contributed by atoms with Crippen LogP contribution in [0.4, 0.5) is 5.69 Å². The number of hydrogen-bond donors (Lipinski definition) is 1. The molecule has 2 saturated heterocycles. The third kappa shape index (κ3) is 5.54. The summed E-state index contributed by atoms with van der Waals surface area (Å²) in [6.07, 6.45) is 3.51. The van der Waals surface area contributed by atoms with Gasteiger partial charge in [0.25, 0.3) is 0 Å². The van der Waals surface area contributed by atoms with Crippen LogP contribution in [0, 0.1) is 11.8 Å². The molecule has 1 unspecified atom stereocenters. The normalized spacial score (nSPS) is 19.8. The molecule has 29 heavy (non-hydrogen) atoms. The number of ether oxygens (including phenoxy) is 2. The lowest BCUT2D eigenvalue weighted by molar-refractivity contribution is -0.137. The van der Waals surface area contributed by atoms with E-state index in [1.807, 2.05) is 11.9 Å². The lowest BCUT2D eigenvalue weighted by Crippen LogP contribution is -2.42. The zero-order valence-corrected chi connectivity index (χ0v) is 18.3. The molecule has 0 aliphatic carbocycles. The quantitative estimate of drug-likeness (QED) is 0.726. The molecular weight excluding hydrogens is 394 g/mol. The van der Waals surface area contributed by atoms with Gasteiger partial charge >= 0.3 is 0 Å². The Morgan fingerprint density at radius 3 is 2.31 bits per heavy atom. The first-order valence-corrected chi connectivity index (χ1v) is 10.0. The third-order valence-corrected chi connectivity index (χ3v) is 5.85. The highest BCUT2D eigenvalue weighted by Gasteiger charge is 2.38. The van der Waals surface area contributed by atoms with Crippen molar-refractivity contribution >= 4 is 29.9 Å². The van der Waals surface area contributed by atoms with Crippen molar-refractivity contribution in [2.45, 2.75) is 25.7 Å². The Kier molecular flexibility index (Phi) is 8.59. The van der Waals surface area contributed by atoms with Crippen LogP contribution in [0.1, 0.15) is 25.7 Å². The minimum absolute atomic E-state index is 0. The first-order valence-electron chi connectivity index (χ1n) is 10.0. The summed E-state index contributed by atoms with van der Waals surface area (Å²) in [6.45, 7) is 3.03. The Hall–Kier alpha value is -1.99. The Balaban J connectivity index is 0.00000300. The fourth-order valence-electron chi connectivity index (χ4n) is 4.12. The minimum atomic E-state index is -0.279. The number of piperidine rings is 1. The predicted molar refractivity (Wildman–Crippen MR) is 115 cm³/mol. The van der Waals surface area contributed by atoms with Crippen LogP contribution in [-0.4, -0.2) is 64.2 Å². The molecule has 0 aromatic heterocycles. The van der Waals surface area contributed by atoms with E-state index in [1.165, 1.54) is 0 Å². The summed E-state index contributed by atoms with van der Waals surface area (Å²) in [5.74, 6) is 1.73. The third-order valence-electron chi connectivity index (χ3n) is 5.85. The van der Waals surface area contributed by atoms with Crippen molar-refractivity contribution < 1.29 is 19.1 Å². The van der Waals surface area contributed by atoms with Gasteiger partial charge in [0.05, 0.1) is 25.8 Å². The number of anilines is 1. The summed E-state index contributed by atoms with van der Waals surface area (Å²) in [6, 6.07) is 5.38. The molecule has 0 bridgehead atoms. The molecule has 7 nitrogen and oxygen atoms in total. The summed E-state index contributed by atoms with van der Waals surface area (Å²) < 4.78 is 10.6. The highest BCUT2D eigenvalue weighted by Crippen LogP contribution is 2.33. The SMILES string of the molecule is CNCCC1CCN(C(=O)C2CC(=O)N(c3cc(OC)cc(OC)c3)C2)CC1.Cl. The van der Waals surface area contributed by atoms with E-state index in [-0.39, 0.29) is 36.6 Å². The number of amides is 2. The first kappa shape index (κ1) is 23.3. The van der Waals surface area contributed by atoms with Crippen LogP contribution in [0.2, 0.25) is 0 Å². The monoisotopic (exact) mass is 425 g/mol. The maximum absolute atomic E-state index is 13.0. The zero-order chi connectivity index (χ0) is 20.1. The van der Waals surface area contributed by atoms with Crippen molar-refractivity contribution in [3.63, 3.8) is 0 Å². The first-order chi connectivity index (χ1) is 13.5. The number of carbonyl (C=O) groups excluding carboxylic acids is 2. The van der Waals surface area contributed by atoms with Crippen LogP contribution < -0.4 is 19.7 Å². The van der Waals surface area contributed by atoms with Gasteiger partial charge in [0.2, 0.25) is 11.8 Å². The molecule has 0 radical (unpaired) electrons. The Morgan fingerprint density at radius 2 is 1.76 bits per heavy atom. The minimum Gasteiger partial charge on any atom is -0.497 e. The number of rotatable bonds is 7. The second kappa shape index (κ2) is 10.7. The molecule has 1 aromatic rings. The molecule has 162 valence electrons. The molecule has 8 heteroatoms. The lowest BCUT2D eigenvalue weighted by Gasteiger charge is -2.33. The Labute approximate surface area is 179 Å². The summed E-state index contributed by atoms with van der Waals surface area (Å²) in [4.78, 5) is 29.2. The van der Waals surface area contributed by atoms with E-state index in [9.17, 15) is 9.59 Å². The highest BCUT2D eigenvalue weighted by atomic mass is 35.5. The Bertz CT molecular complexity index is 685. The van der Waals surface area contributed by atoms with Crippen molar-refractivity contribution in [3.05, 3.63) is 18.2 Å². The van der Waals surface area contributed by atoms with Gasteiger partial charge in [-0.1, -0.05) is 0 Å². The molecule has 1 atom stereocenters. The van der Waals surface area contributed by atoms with Crippen molar-refractivity contribution in [2.24, 2.45) is 11.8 Å². The van der Waals surface area contributed by atoms with Crippen LogP contribution in [0.5, 0.6) is 11.5 Å². The zero-order valence-electron chi connectivity index (χ0n) is 17.5. The topological polar surface area (TPSA) is 71.1 Å². The lowest BCUT2D eigenvalue weighted by atomic mass is 9.92. The second-order valence-electron chi connectivity index (χ2n) is 7.64. The number of hydrogen-bond acceptors (Lipinski definition) is 5. The molecule has 2 aliphatic rings. The van der Waals surface area contributed by atoms with Crippen LogP contribution in [-0.2, 0) is 9.59 Å². The number of benzene rings is 1. The van der Waals surface area contributed by atoms with Gasteiger partial charge in [0, 0.05) is 44.3 Å². The number of methoxy groups -OCH3 is 2. The van der Waals surface area contributed by atoms with Crippen LogP contribution >= 0.6 is 12.4 Å². The molecule has 1 N–H and O–H groups in total. The van der Waals surface area contributed by atoms with E-state index in [1.54, 1.807) is 37.3 Å². The number of nitrogens with zero attached hydrogens (tertiary/aromatic N) is 2. The second-order valence-corrected chi connectivity index (χ2v) is 7.64. The number of nitrogens with one attached hydrogen (secondary N) is 1. The summed E-state index contributed by atoms with van der Waals surface area (Å²) in [7, 11) is 5.13. The highest BCUT2D eigenvalue weighted by molar-refractivity contribution is 6.00. The molecule has 0 saturated carbocycles. The molecular formula is C21H32ClN3O4. The van der Waals surface area contributed by atoms with Gasteiger partial charge in [-0.25, -0.2) is 0 Å². The van der Waals surface area contributed by atoms with Gasteiger partial charge < -0.3 is 24.6 Å². The summed E-state index contributed by atoms with van der Waals surface area (Å²) >= 11 is 0. The van der Waals surface area contributed by atoms with E-state index >= 15 is 0 Å². The van der Waals surface area contributed by atoms with Crippen LogP contribution in [0.15, 0.2) is 18.2 Å². The van der Waals surface area contributed by atoms with E-state index < -0.39 is 0 Å². The van der Waals surface area contributed by atoms with E-state index in [0.717, 1.165) is 38.9 Å². The standard InChI is InChI=1S/C21H31N3O4.ClH/c1-22-7-4-15-5-8-23(9-6-15)21(26)16-10-20(25)24(14-16)17-11-18(27-2)13-19(12-17)28-3;/h11-13,15-16,22H,4-10,14H2,1-3H3;1H. The van der Waals surface area contributed by atoms with E-state index in [4.69, 9.17) is 9.47 Å².